The molecule has 0 saturated carbocycles. The van der Waals surface area contributed by atoms with Crippen molar-refractivity contribution in [3.63, 3.8) is 0 Å². The first kappa shape index (κ1) is 27.8. The van der Waals surface area contributed by atoms with Crippen molar-refractivity contribution in [2.45, 2.75) is 32.7 Å². The predicted molar refractivity (Wildman–Crippen MR) is 162 cm³/mol. The number of hydrogen-bond donors (Lipinski definition) is 0. The van der Waals surface area contributed by atoms with Gasteiger partial charge in [0.1, 0.15) is 5.75 Å². The topological polar surface area (TPSA) is 69.9 Å². The number of thiazole rings is 1. The number of methoxy groups -OCH3 is 1. The number of rotatable bonds is 7. The Labute approximate surface area is 245 Å². The summed E-state index contributed by atoms with van der Waals surface area (Å²) >= 11 is 4.80. The van der Waals surface area contributed by atoms with Crippen LogP contribution in [0, 0.1) is 0 Å². The smallest absolute Gasteiger partial charge is 0.338 e. The summed E-state index contributed by atoms with van der Waals surface area (Å²) in [4.78, 5) is 33.1. The molecule has 0 fully saturated rings. The highest BCUT2D eigenvalue weighted by Gasteiger charge is 2.35. The van der Waals surface area contributed by atoms with Crippen LogP contribution < -0.4 is 19.6 Å². The molecule has 0 amide bonds. The van der Waals surface area contributed by atoms with E-state index in [4.69, 9.17) is 14.5 Å². The molecule has 0 bridgehead atoms. The second-order valence-corrected chi connectivity index (χ2v) is 11.6. The summed E-state index contributed by atoms with van der Waals surface area (Å²) in [5.41, 5.74) is 4.12. The number of halogens is 1. The van der Waals surface area contributed by atoms with Gasteiger partial charge >= 0.3 is 5.97 Å². The minimum Gasteiger partial charge on any atom is -0.496 e. The summed E-state index contributed by atoms with van der Waals surface area (Å²) in [5.74, 6) is 0.495. The van der Waals surface area contributed by atoms with E-state index in [1.54, 1.807) is 18.6 Å². The molecule has 0 N–H and O–H groups in total. The van der Waals surface area contributed by atoms with E-state index in [-0.39, 0.29) is 12.2 Å². The second kappa shape index (κ2) is 11.8. The first-order valence-corrected chi connectivity index (χ1v) is 14.6. The molecule has 4 aromatic rings. The Kier molecular flexibility index (Phi) is 8.19. The number of aromatic nitrogens is 1. The fourth-order valence-corrected chi connectivity index (χ4v) is 6.15. The number of fused-ring (bicyclic) bond motifs is 1. The molecular weight excluding hydrogens is 588 g/mol. The van der Waals surface area contributed by atoms with Crippen molar-refractivity contribution >= 4 is 45.0 Å². The lowest BCUT2D eigenvalue weighted by Gasteiger charge is -2.26. The standard InChI is InChI=1S/C32H29BrN2O4S/c1-5-39-31(37)27-28(21-9-7-6-8-10-21)34-32-35(29(27)22-13-11-20(12-14-22)19(2)3)30(36)26(40-32)18-23-17-24(33)15-16-25(23)38-4/h6-19,29H,5H2,1-4H3/b26-18-/t29-/m0/s1. The minimum absolute atomic E-state index is 0.205. The Morgan fingerprint density at radius 1 is 1.10 bits per heavy atom. The first-order valence-electron chi connectivity index (χ1n) is 13.0. The molecule has 0 saturated heterocycles. The van der Waals surface area contributed by atoms with E-state index in [0.717, 1.165) is 21.2 Å². The van der Waals surface area contributed by atoms with Crippen molar-refractivity contribution in [2.75, 3.05) is 13.7 Å². The van der Waals surface area contributed by atoms with Crippen molar-refractivity contribution in [1.82, 2.24) is 4.57 Å². The van der Waals surface area contributed by atoms with E-state index in [9.17, 15) is 9.59 Å². The molecule has 204 valence electrons. The van der Waals surface area contributed by atoms with Crippen LogP contribution in [0.1, 0.15) is 55.0 Å². The number of hydrogen-bond acceptors (Lipinski definition) is 6. The predicted octanol–water partition coefficient (Wildman–Crippen LogP) is 5.83. The maximum Gasteiger partial charge on any atom is 0.338 e. The van der Waals surface area contributed by atoms with Crippen LogP contribution in [0.5, 0.6) is 5.75 Å². The van der Waals surface area contributed by atoms with Crippen LogP contribution in [-0.2, 0) is 9.53 Å². The summed E-state index contributed by atoms with van der Waals surface area (Å²) in [6.45, 7) is 6.24. The van der Waals surface area contributed by atoms with E-state index in [0.29, 0.717) is 32.3 Å². The van der Waals surface area contributed by atoms with Crippen LogP contribution in [-0.4, -0.2) is 24.3 Å². The summed E-state index contributed by atoms with van der Waals surface area (Å²) in [6.07, 6.45) is 1.81. The van der Waals surface area contributed by atoms with Crippen molar-refractivity contribution in [1.29, 1.82) is 0 Å². The molecule has 0 radical (unpaired) electrons. The molecule has 5 rings (SSSR count). The van der Waals surface area contributed by atoms with Gasteiger partial charge < -0.3 is 9.47 Å². The molecule has 2 heterocycles. The van der Waals surface area contributed by atoms with Gasteiger partial charge in [-0.15, -0.1) is 0 Å². The maximum absolute atomic E-state index is 14.1. The van der Waals surface area contributed by atoms with Gasteiger partial charge in [0.15, 0.2) is 4.80 Å². The van der Waals surface area contributed by atoms with Gasteiger partial charge in [0.2, 0.25) is 0 Å². The number of nitrogens with zero attached hydrogens (tertiary/aromatic N) is 2. The zero-order chi connectivity index (χ0) is 28.4. The lowest BCUT2D eigenvalue weighted by molar-refractivity contribution is -0.138. The minimum atomic E-state index is -0.710. The van der Waals surface area contributed by atoms with E-state index < -0.39 is 12.0 Å². The molecule has 40 heavy (non-hydrogen) atoms. The highest BCUT2D eigenvalue weighted by Crippen LogP contribution is 2.35. The maximum atomic E-state index is 14.1. The van der Waals surface area contributed by atoms with Crippen LogP contribution in [0.2, 0.25) is 0 Å². The molecule has 0 spiro atoms. The van der Waals surface area contributed by atoms with Crippen LogP contribution >= 0.6 is 27.3 Å². The summed E-state index contributed by atoms with van der Waals surface area (Å²) < 4.78 is 14.1. The van der Waals surface area contributed by atoms with Crippen molar-refractivity contribution in [3.05, 3.63) is 125 Å². The fraction of sp³-hybridized carbons (Fsp3) is 0.219. The molecular formula is C32H29BrN2O4S. The van der Waals surface area contributed by atoms with Gasteiger partial charge in [-0.3, -0.25) is 9.36 Å². The van der Waals surface area contributed by atoms with E-state index in [1.807, 2.05) is 78.9 Å². The quantitative estimate of drug-likeness (QED) is 0.245. The molecule has 0 unspecified atom stereocenters. The lowest BCUT2D eigenvalue weighted by Crippen LogP contribution is -2.40. The fourth-order valence-electron chi connectivity index (χ4n) is 4.78. The average molecular weight is 618 g/mol. The molecule has 1 aromatic heterocycles. The molecule has 8 heteroatoms. The average Bonchev–Trinajstić information content (AvgIpc) is 3.27. The number of carbonyl (C=O) groups excluding carboxylic acids is 1. The van der Waals surface area contributed by atoms with Gasteiger partial charge in [-0.1, -0.05) is 95.7 Å². The molecule has 1 atom stereocenters. The Bertz CT molecular complexity index is 1770. The third-order valence-electron chi connectivity index (χ3n) is 6.77. The van der Waals surface area contributed by atoms with Gasteiger partial charge in [0.05, 0.1) is 35.6 Å². The van der Waals surface area contributed by atoms with Crippen molar-refractivity contribution in [3.8, 4) is 5.75 Å². The van der Waals surface area contributed by atoms with Gasteiger partial charge in [0, 0.05) is 15.6 Å². The highest BCUT2D eigenvalue weighted by atomic mass is 79.9. The normalized spacial score (nSPS) is 15.2. The second-order valence-electron chi connectivity index (χ2n) is 9.64. The molecule has 0 aliphatic carbocycles. The number of benzene rings is 3. The van der Waals surface area contributed by atoms with Crippen LogP contribution in [0.15, 0.2) is 92.6 Å². The number of carbonyl (C=O) groups is 1. The summed E-state index contributed by atoms with van der Waals surface area (Å²) in [7, 11) is 1.60. The molecule has 1 aliphatic heterocycles. The van der Waals surface area contributed by atoms with E-state index >= 15 is 0 Å². The SMILES string of the molecule is CCOC(=O)C1=C(c2ccccc2)N=c2s/c(=C\c3cc(Br)ccc3OC)c(=O)n2[C@H]1c1ccc(C(C)C)cc1. The van der Waals surface area contributed by atoms with E-state index in [1.165, 1.54) is 16.9 Å². The Morgan fingerprint density at radius 2 is 1.82 bits per heavy atom. The lowest BCUT2D eigenvalue weighted by atomic mass is 9.91. The Morgan fingerprint density at radius 3 is 2.48 bits per heavy atom. The summed E-state index contributed by atoms with van der Waals surface area (Å²) in [5, 5.41) is 0. The first-order chi connectivity index (χ1) is 19.3. The zero-order valence-electron chi connectivity index (χ0n) is 22.7. The van der Waals surface area contributed by atoms with Crippen LogP contribution in [0.4, 0.5) is 0 Å². The third-order valence-corrected chi connectivity index (χ3v) is 8.25. The molecule has 3 aromatic carbocycles. The van der Waals surface area contributed by atoms with Crippen molar-refractivity contribution < 1.29 is 14.3 Å². The zero-order valence-corrected chi connectivity index (χ0v) is 25.1. The van der Waals surface area contributed by atoms with Gasteiger partial charge in [0.25, 0.3) is 5.56 Å². The Balaban J connectivity index is 1.83. The number of esters is 1. The largest absolute Gasteiger partial charge is 0.496 e. The van der Waals surface area contributed by atoms with Gasteiger partial charge in [-0.05, 0) is 48.2 Å². The number of ether oxygens (including phenoxy) is 2. The van der Waals surface area contributed by atoms with Gasteiger partial charge in [-0.2, -0.15) is 0 Å². The molecule has 6 nitrogen and oxygen atoms in total. The van der Waals surface area contributed by atoms with E-state index in [2.05, 4.69) is 29.8 Å². The highest BCUT2D eigenvalue weighted by molar-refractivity contribution is 9.10. The van der Waals surface area contributed by atoms with Crippen LogP contribution in [0.3, 0.4) is 0 Å². The Hall–Kier alpha value is -3.75. The van der Waals surface area contributed by atoms with Crippen molar-refractivity contribution in [2.24, 2.45) is 4.99 Å². The monoisotopic (exact) mass is 616 g/mol. The summed E-state index contributed by atoms with van der Waals surface area (Å²) in [6, 6.07) is 22.5. The molecule has 1 aliphatic rings. The van der Waals surface area contributed by atoms with Gasteiger partial charge in [-0.25, -0.2) is 9.79 Å². The third kappa shape index (κ3) is 5.33. The van der Waals surface area contributed by atoms with Crippen LogP contribution in [0.25, 0.3) is 11.8 Å².